The van der Waals surface area contributed by atoms with E-state index in [0.717, 1.165) is 31.7 Å². The number of benzene rings is 1. The van der Waals surface area contributed by atoms with Gasteiger partial charge in [-0.3, -0.25) is 0 Å². The van der Waals surface area contributed by atoms with Gasteiger partial charge in [0.2, 0.25) is 0 Å². The van der Waals surface area contributed by atoms with E-state index in [1.54, 1.807) is 0 Å². The summed E-state index contributed by atoms with van der Waals surface area (Å²) in [7, 11) is 0. The van der Waals surface area contributed by atoms with Crippen molar-refractivity contribution < 1.29 is 4.74 Å². The van der Waals surface area contributed by atoms with Gasteiger partial charge >= 0.3 is 0 Å². The molecule has 0 spiro atoms. The Kier molecular flexibility index (Phi) is 4.67. The molecule has 2 nitrogen and oxygen atoms in total. The minimum Gasteiger partial charge on any atom is -0.492 e. The van der Waals surface area contributed by atoms with Crippen LogP contribution in [0.3, 0.4) is 0 Å². The fourth-order valence-corrected chi connectivity index (χ4v) is 2.53. The molecule has 1 aliphatic heterocycles. The molecule has 0 radical (unpaired) electrons. The lowest BCUT2D eigenvalue weighted by atomic mass is 9.97. The van der Waals surface area contributed by atoms with Crippen molar-refractivity contribution in [2.45, 2.75) is 26.7 Å². The fourth-order valence-electron chi connectivity index (χ4n) is 2.31. The van der Waals surface area contributed by atoms with Crippen molar-refractivity contribution in [3.05, 3.63) is 34.4 Å². The lowest BCUT2D eigenvalue weighted by Gasteiger charge is -2.13. The molecule has 0 atom stereocenters. The van der Waals surface area contributed by atoms with Gasteiger partial charge in [0.05, 0.1) is 11.6 Å². The summed E-state index contributed by atoms with van der Waals surface area (Å²) in [5.74, 6) is 0.785. The van der Waals surface area contributed by atoms with Gasteiger partial charge in [0.25, 0.3) is 0 Å². The summed E-state index contributed by atoms with van der Waals surface area (Å²) in [5.41, 5.74) is 3.88. The average Bonchev–Trinajstić information content (AvgIpc) is 2.62. The summed E-state index contributed by atoms with van der Waals surface area (Å²) in [6, 6.07) is 4.08. The summed E-state index contributed by atoms with van der Waals surface area (Å²) < 4.78 is 5.52. The minimum absolute atomic E-state index is 0.644. The van der Waals surface area contributed by atoms with Gasteiger partial charge in [0.1, 0.15) is 5.75 Å². The first-order valence-corrected chi connectivity index (χ1v) is 6.93. The van der Waals surface area contributed by atoms with E-state index in [0.29, 0.717) is 11.6 Å². The topological polar surface area (TPSA) is 21.3 Å². The maximum absolute atomic E-state index is 6.27. The van der Waals surface area contributed by atoms with Gasteiger partial charge in [-0.15, -0.1) is 0 Å². The van der Waals surface area contributed by atoms with Gasteiger partial charge in [-0.1, -0.05) is 17.7 Å². The average molecular weight is 266 g/mol. The molecule has 0 saturated carbocycles. The van der Waals surface area contributed by atoms with Crippen LogP contribution >= 0.6 is 11.6 Å². The molecule has 0 saturated heterocycles. The van der Waals surface area contributed by atoms with Crippen LogP contribution in [0.25, 0.3) is 5.57 Å². The molecule has 1 heterocycles. The van der Waals surface area contributed by atoms with Gasteiger partial charge in [-0.05, 0) is 68.6 Å². The van der Waals surface area contributed by atoms with E-state index >= 15 is 0 Å². The van der Waals surface area contributed by atoms with Crippen molar-refractivity contribution in [2.75, 3.05) is 19.7 Å². The molecule has 3 heteroatoms. The Morgan fingerprint density at radius 1 is 1.33 bits per heavy atom. The zero-order chi connectivity index (χ0) is 13.0. The molecular weight excluding hydrogens is 246 g/mol. The summed E-state index contributed by atoms with van der Waals surface area (Å²) in [5, 5.41) is 4.11. The molecule has 0 fully saturated rings. The van der Waals surface area contributed by atoms with Crippen LogP contribution in [0.5, 0.6) is 5.75 Å². The highest BCUT2D eigenvalue weighted by molar-refractivity contribution is 6.32. The summed E-state index contributed by atoms with van der Waals surface area (Å²) in [6.45, 7) is 6.83. The van der Waals surface area contributed by atoms with Gasteiger partial charge in [0.15, 0.2) is 0 Å². The van der Waals surface area contributed by atoms with Gasteiger partial charge in [-0.25, -0.2) is 0 Å². The second-order valence-corrected chi connectivity index (χ2v) is 4.96. The Balaban J connectivity index is 2.33. The van der Waals surface area contributed by atoms with Crippen molar-refractivity contribution in [3.63, 3.8) is 0 Å². The summed E-state index contributed by atoms with van der Waals surface area (Å²) in [4.78, 5) is 0. The third-order valence-corrected chi connectivity index (χ3v) is 3.50. The quantitative estimate of drug-likeness (QED) is 0.897. The Labute approximate surface area is 114 Å². The number of ether oxygens (including phenoxy) is 1. The predicted octanol–water partition coefficient (Wildman–Crippen LogP) is 3.81. The molecule has 1 aromatic carbocycles. The Morgan fingerprint density at radius 3 is 2.94 bits per heavy atom. The number of nitrogens with one attached hydrogen (secondary N) is 1. The van der Waals surface area contributed by atoms with E-state index < -0.39 is 0 Å². The van der Waals surface area contributed by atoms with Crippen LogP contribution < -0.4 is 10.1 Å². The zero-order valence-corrected chi connectivity index (χ0v) is 11.8. The maximum atomic E-state index is 6.27. The molecule has 2 rings (SSSR count). The first-order valence-electron chi connectivity index (χ1n) is 6.55. The van der Waals surface area contributed by atoms with Crippen LogP contribution in [0.1, 0.15) is 30.9 Å². The van der Waals surface area contributed by atoms with Crippen LogP contribution in [0.2, 0.25) is 5.02 Å². The summed E-state index contributed by atoms with van der Waals surface area (Å²) in [6.07, 6.45) is 4.46. The van der Waals surface area contributed by atoms with Crippen molar-refractivity contribution in [1.82, 2.24) is 5.32 Å². The van der Waals surface area contributed by atoms with Crippen molar-refractivity contribution in [3.8, 4) is 5.75 Å². The van der Waals surface area contributed by atoms with E-state index in [9.17, 15) is 0 Å². The molecule has 18 heavy (non-hydrogen) atoms. The molecule has 0 aliphatic carbocycles. The monoisotopic (exact) mass is 265 g/mol. The van der Waals surface area contributed by atoms with Gasteiger partial charge in [0, 0.05) is 0 Å². The van der Waals surface area contributed by atoms with Gasteiger partial charge < -0.3 is 10.1 Å². The van der Waals surface area contributed by atoms with Crippen LogP contribution in [-0.2, 0) is 0 Å². The number of rotatable bonds is 3. The van der Waals surface area contributed by atoms with Crippen molar-refractivity contribution in [1.29, 1.82) is 0 Å². The third kappa shape index (κ3) is 3.06. The van der Waals surface area contributed by atoms with E-state index in [1.807, 2.05) is 19.1 Å². The maximum Gasteiger partial charge on any atom is 0.138 e. The van der Waals surface area contributed by atoms with Crippen molar-refractivity contribution >= 4 is 17.2 Å². The third-order valence-electron chi connectivity index (χ3n) is 3.21. The fraction of sp³-hybridized carbons (Fsp3) is 0.467. The second-order valence-electron chi connectivity index (χ2n) is 4.55. The molecule has 1 aromatic rings. The van der Waals surface area contributed by atoms with E-state index in [-0.39, 0.29) is 0 Å². The highest BCUT2D eigenvalue weighted by Gasteiger charge is 2.11. The standard InChI is InChI=1S/C15H20ClNO/c1-3-18-15-9-11(2)13(10-14(15)16)12-5-4-7-17-8-6-12/h5,9-10,17H,3-4,6-8H2,1-2H3. The lowest BCUT2D eigenvalue weighted by Crippen LogP contribution is -2.13. The van der Waals surface area contributed by atoms with Crippen LogP contribution in [0.4, 0.5) is 0 Å². The molecule has 98 valence electrons. The lowest BCUT2D eigenvalue weighted by molar-refractivity contribution is 0.340. The van der Waals surface area contributed by atoms with Crippen LogP contribution in [0.15, 0.2) is 18.2 Å². The molecule has 0 amide bonds. The van der Waals surface area contributed by atoms with Crippen LogP contribution in [-0.4, -0.2) is 19.7 Å². The number of aryl methyl sites for hydroxylation is 1. The molecule has 0 unspecified atom stereocenters. The predicted molar refractivity (Wildman–Crippen MR) is 77.4 cm³/mol. The Hall–Kier alpha value is -0.990. The molecule has 1 aliphatic rings. The minimum atomic E-state index is 0.644. The number of hydrogen-bond acceptors (Lipinski definition) is 2. The Morgan fingerprint density at radius 2 is 2.17 bits per heavy atom. The second kappa shape index (κ2) is 6.26. The van der Waals surface area contributed by atoms with Gasteiger partial charge in [-0.2, -0.15) is 0 Å². The van der Waals surface area contributed by atoms with E-state index in [2.05, 4.69) is 18.3 Å². The molecule has 0 aromatic heterocycles. The molecule has 1 N–H and O–H groups in total. The van der Waals surface area contributed by atoms with Crippen molar-refractivity contribution in [2.24, 2.45) is 0 Å². The highest BCUT2D eigenvalue weighted by atomic mass is 35.5. The first-order chi connectivity index (χ1) is 8.72. The summed E-state index contributed by atoms with van der Waals surface area (Å²) >= 11 is 6.27. The molecule has 0 bridgehead atoms. The number of hydrogen-bond donors (Lipinski definition) is 1. The molecular formula is C15H20ClNO. The normalized spacial score (nSPS) is 16.1. The SMILES string of the molecule is CCOc1cc(C)c(C2=CCCNCC2)cc1Cl. The Bertz CT molecular complexity index is 454. The van der Waals surface area contributed by atoms with E-state index in [1.165, 1.54) is 16.7 Å². The van der Waals surface area contributed by atoms with Crippen LogP contribution in [0, 0.1) is 6.92 Å². The smallest absolute Gasteiger partial charge is 0.138 e. The first kappa shape index (κ1) is 13.4. The van der Waals surface area contributed by atoms with E-state index in [4.69, 9.17) is 16.3 Å². The zero-order valence-electron chi connectivity index (χ0n) is 11.1. The number of halogens is 1. The highest BCUT2D eigenvalue weighted by Crippen LogP contribution is 2.33. The largest absolute Gasteiger partial charge is 0.492 e.